The minimum absolute atomic E-state index is 0. The van der Waals surface area contributed by atoms with Crippen molar-refractivity contribution < 1.29 is 0 Å². The summed E-state index contributed by atoms with van der Waals surface area (Å²) in [5.41, 5.74) is 1.27. The molecule has 5 nitrogen and oxygen atoms in total. The van der Waals surface area contributed by atoms with E-state index in [1.54, 1.807) is 0 Å². The van der Waals surface area contributed by atoms with Gasteiger partial charge < -0.3 is 19.7 Å². The van der Waals surface area contributed by atoms with Crippen LogP contribution in [0.3, 0.4) is 0 Å². The largest absolute Gasteiger partial charge is 0.357 e. The molecule has 1 N–H and O–H groups in total. The lowest BCUT2D eigenvalue weighted by Crippen LogP contribution is -2.38. The van der Waals surface area contributed by atoms with Gasteiger partial charge in [-0.1, -0.05) is 0 Å². The van der Waals surface area contributed by atoms with Crippen molar-refractivity contribution in [2.45, 2.75) is 39.2 Å². The highest BCUT2D eigenvalue weighted by molar-refractivity contribution is 14.0. The molecule has 1 fully saturated rings. The molecule has 0 aromatic carbocycles. The maximum absolute atomic E-state index is 4.80. The van der Waals surface area contributed by atoms with Crippen molar-refractivity contribution in [3.8, 4) is 0 Å². The van der Waals surface area contributed by atoms with Crippen molar-refractivity contribution in [1.29, 1.82) is 0 Å². The first-order valence-electron chi connectivity index (χ1n) is 9.12. The average Bonchev–Trinajstić information content (AvgIpc) is 3.16. The molecule has 0 saturated carbocycles. The number of likely N-dealkylation sites (tertiary alicyclic amines) is 1. The van der Waals surface area contributed by atoms with Crippen LogP contribution in [0, 0.1) is 0 Å². The molecule has 1 aromatic rings. The van der Waals surface area contributed by atoms with Crippen molar-refractivity contribution in [3.63, 3.8) is 0 Å². The van der Waals surface area contributed by atoms with Crippen LogP contribution in [-0.2, 0) is 13.6 Å². The molecule has 2 heterocycles. The van der Waals surface area contributed by atoms with Gasteiger partial charge in [0.2, 0.25) is 0 Å². The Kier molecular flexibility index (Phi) is 11.1. The zero-order chi connectivity index (χ0) is 17.4. The number of halogens is 2. The molecule has 2 rings (SSSR count). The first-order valence-corrected chi connectivity index (χ1v) is 9.92. The lowest BCUT2D eigenvalue weighted by atomic mass is 10.3. The molecule has 0 aliphatic carbocycles. The van der Waals surface area contributed by atoms with Gasteiger partial charge in [-0.3, -0.25) is 4.99 Å². The van der Waals surface area contributed by atoms with Gasteiger partial charge in [-0.25, -0.2) is 0 Å². The average molecular weight is 526 g/mol. The summed E-state index contributed by atoms with van der Waals surface area (Å²) in [5, 5.41) is 3.41. The molecule has 1 saturated heterocycles. The maximum Gasteiger partial charge on any atom is 0.194 e. The highest BCUT2D eigenvalue weighted by Gasteiger charge is 2.11. The predicted octanol–water partition coefficient (Wildman–Crippen LogP) is 3.68. The highest BCUT2D eigenvalue weighted by Crippen LogP contribution is 2.15. The first kappa shape index (κ1) is 22.8. The van der Waals surface area contributed by atoms with Crippen LogP contribution in [-0.4, -0.2) is 60.1 Å². The Hall–Kier alpha value is -0.280. The molecular weight excluding hydrogens is 493 g/mol. The van der Waals surface area contributed by atoms with Crippen LogP contribution in [0.2, 0.25) is 0 Å². The summed E-state index contributed by atoms with van der Waals surface area (Å²) in [6.45, 7) is 8.59. The third-order valence-electron chi connectivity index (χ3n) is 4.51. The van der Waals surface area contributed by atoms with Crippen molar-refractivity contribution in [2.75, 3.05) is 39.8 Å². The Morgan fingerprint density at radius 3 is 2.64 bits per heavy atom. The van der Waals surface area contributed by atoms with Gasteiger partial charge in [0, 0.05) is 43.5 Å². The minimum atomic E-state index is 0. The maximum atomic E-state index is 4.80. The van der Waals surface area contributed by atoms with Crippen molar-refractivity contribution in [1.82, 2.24) is 19.7 Å². The number of rotatable bonds is 8. The van der Waals surface area contributed by atoms with Gasteiger partial charge in [0.1, 0.15) is 0 Å². The molecule has 0 bridgehead atoms. The van der Waals surface area contributed by atoms with E-state index in [-0.39, 0.29) is 24.0 Å². The predicted molar refractivity (Wildman–Crippen MR) is 121 cm³/mol. The number of aryl methyl sites for hydroxylation is 1. The number of guanidine groups is 1. The monoisotopic (exact) mass is 525 g/mol. The Labute approximate surface area is 178 Å². The molecule has 1 aromatic heterocycles. The van der Waals surface area contributed by atoms with Gasteiger partial charge in [-0.05, 0) is 74.2 Å². The summed E-state index contributed by atoms with van der Waals surface area (Å²) >= 11 is 3.54. The van der Waals surface area contributed by atoms with Crippen LogP contribution in [0.25, 0.3) is 0 Å². The Bertz CT molecular complexity index is 526. The number of aliphatic imine (C=N–C) groups is 1. The van der Waals surface area contributed by atoms with Gasteiger partial charge in [-0.15, -0.1) is 24.0 Å². The van der Waals surface area contributed by atoms with Crippen molar-refractivity contribution in [3.05, 3.63) is 22.4 Å². The molecule has 0 unspecified atom stereocenters. The topological polar surface area (TPSA) is 35.8 Å². The second-order valence-electron chi connectivity index (χ2n) is 6.61. The number of aromatic nitrogens is 1. The van der Waals surface area contributed by atoms with Gasteiger partial charge in [-0.2, -0.15) is 0 Å². The Balaban J connectivity index is 0.00000312. The number of unbranched alkanes of at least 4 members (excludes halogenated alkanes) is 1. The van der Waals surface area contributed by atoms with E-state index in [2.05, 4.69) is 68.9 Å². The van der Waals surface area contributed by atoms with E-state index in [9.17, 15) is 0 Å². The Morgan fingerprint density at radius 2 is 2.04 bits per heavy atom. The number of nitrogens with zero attached hydrogens (tertiary/aromatic N) is 4. The van der Waals surface area contributed by atoms with Crippen LogP contribution in [0.5, 0.6) is 0 Å². The molecule has 7 heteroatoms. The van der Waals surface area contributed by atoms with Crippen molar-refractivity contribution in [2.24, 2.45) is 12.0 Å². The van der Waals surface area contributed by atoms with E-state index >= 15 is 0 Å². The normalized spacial score (nSPS) is 15.3. The van der Waals surface area contributed by atoms with Crippen LogP contribution >= 0.6 is 39.9 Å². The fourth-order valence-corrected chi connectivity index (χ4v) is 3.72. The van der Waals surface area contributed by atoms with E-state index in [0.717, 1.165) is 36.5 Å². The standard InChI is InChI=1S/C18H32BrN5.HI/c1-4-20-18(21-9-5-6-10-24-11-7-8-12-24)23(3)15-17-13-16(19)14-22(17)2;/h13-14H,4-12,15H2,1-3H3,(H,20,21);1H. The van der Waals surface area contributed by atoms with E-state index in [1.807, 2.05) is 0 Å². The fraction of sp³-hybridized carbons (Fsp3) is 0.722. The van der Waals surface area contributed by atoms with Crippen LogP contribution < -0.4 is 5.32 Å². The SMILES string of the molecule is CCNC(=NCCCCN1CCCC1)N(C)Cc1cc(Br)cn1C.I. The summed E-state index contributed by atoms with van der Waals surface area (Å²) in [6, 6.07) is 2.16. The fourth-order valence-electron chi connectivity index (χ4n) is 3.15. The number of nitrogens with one attached hydrogen (secondary N) is 1. The smallest absolute Gasteiger partial charge is 0.194 e. The Morgan fingerprint density at radius 1 is 1.32 bits per heavy atom. The molecule has 144 valence electrons. The number of hydrogen-bond donors (Lipinski definition) is 1. The molecule has 0 spiro atoms. The second-order valence-corrected chi connectivity index (χ2v) is 7.52. The summed E-state index contributed by atoms with van der Waals surface area (Å²) in [7, 11) is 4.18. The quantitative estimate of drug-likeness (QED) is 0.243. The third kappa shape index (κ3) is 7.86. The van der Waals surface area contributed by atoms with E-state index < -0.39 is 0 Å². The summed E-state index contributed by atoms with van der Waals surface area (Å²) in [6.07, 6.45) is 7.25. The van der Waals surface area contributed by atoms with E-state index in [0.29, 0.717) is 0 Å². The van der Waals surface area contributed by atoms with E-state index in [1.165, 1.54) is 44.6 Å². The van der Waals surface area contributed by atoms with Crippen molar-refractivity contribution >= 4 is 45.9 Å². The van der Waals surface area contributed by atoms with Crippen LogP contribution in [0.1, 0.15) is 38.3 Å². The summed E-state index contributed by atoms with van der Waals surface area (Å²) < 4.78 is 3.28. The van der Waals surface area contributed by atoms with Crippen LogP contribution in [0.15, 0.2) is 21.7 Å². The first-order chi connectivity index (χ1) is 11.6. The molecule has 25 heavy (non-hydrogen) atoms. The van der Waals surface area contributed by atoms with Gasteiger partial charge in [0.25, 0.3) is 0 Å². The lowest BCUT2D eigenvalue weighted by molar-refractivity contribution is 0.331. The zero-order valence-electron chi connectivity index (χ0n) is 15.8. The zero-order valence-corrected chi connectivity index (χ0v) is 19.7. The summed E-state index contributed by atoms with van der Waals surface area (Å²) in [5.74, 6) is 0.996. The van der Waals surface area contributed by atoms with Gasteiger partial charge in [0.15, 0.2) is 5.96 Å². The molecule has 0 radical (unpaired) electrons. The molecule has 0 amide bonds. The molecule has 1 aliphatic heterocycles. The molecule has 0 atom stereocenters. The molecule has 1 aliphatic rings. The van der Waals surface area contributed by atoms with Gasteiger partial charge in [0.05, 0.1) is 6.54 Å². The minimum Gasteiger partial charge on any atom is -0.357 e. The van der Waals surface area contributed by atoms with Crippen LogP contribution in [0.4, 0.5) is 0 Å². The van der Waals surface area contributed by atoms with E-state index in [4.69, 9.17) is 4.99 Å². The summed E-state index contributed by atoms with van der Waals surface area (Å²) in [4.78, 5) is 9.58. The highest BCUT2D eigenvalue weighted by atomic mass is 127. The number of hydrogen-bond acceptors (Lipinski definition) is 2. The third-order valence-corrected chi connectivity index (χ3v) is 4.95. The van der Waals surface area contributed by atoms with Gasteiger partial charge >= 0.3 is 0 Å². The molecular formula is C18H33BrIN5. The second kappa shape index (κ2) is 12.2. The lowest BCUT2D eigenvalue weighted by Gasteiger charge is -2.22.